The molecule has 1 unspecified atom stereocenters. The summed E-state index contributed by atoms with van der Waals surface area (Å²) < 4.78 is 0. The van der Waals surface area contributed by atoms with Gasteiger partial charge in [0.2, 0.25) is 0 Å². The lowest BCUT2D eigenvalue weighted by Gasteiger charge is -2.21. The summed E-state index contributed by atoms with van der Waals surface area (Å²) in [5, 5.41) is 0. The Morgan fingerprint density at radius 2 is 1.70 bits per heavy atom. The first-order chi connectivity index (χ1) is 4.54. The molecule has 1 atom stereocenters. The van der Waals surface area contributed by atoms with E-state index in [-0.39, 0.29) is 6.17 Å². The van der Waals surface area contributed by atoms with Crippen molar-refractivity contribution in [2.75, 3.05) is 34.7 Å². The van der Waals surface area contributed by atoms with E-state index in [0.717, 1.165) is 13.0 Å². The third-order valence-electron chi connectivity index (χ3n) is 1.54. The van der Waals surface area contributed by atoms with E-state index in [4.69, 9.17) is 5.73 Å². The lowest BCUT2D eigenvalue weighted by Crippen LogP contribution is -2.38. The van der Waals surface area contributed by atoms with Crippen molar-refractivity contribution in [3.63, 3.8) is 0 Å². The zero-order valence-corrected chi connectivity index (χ0v) is 7.46. The van der Waals surface area contributed by atoms with E-state index in [1.807, 2.05) is 19.0 Å². The van der Waals surface area contributed by atoms with Crippen molar-refractivity contribution in [3.05, 3.63) is 0 Å². The minimum absolute atomic E-state index is 0.197. The highest BCUT2D eigenvalue weighted by molar-refractivity contribution is 4.58. The van der Waals surface area contributed by atoms with Crippen LogP contribution in [0, 0.1) is 0 Å². The molecule has 0 saturated carbocycles. The Bertz CT molecular complexity index is 80.9. The topological polar surface area (TPSA) is 32.5 Å². The van der Waals surface area contributed by atoms with Gasteiger partial charge in [-0.2, -0.15) is 0 Å². The zero-order chi connectivity index (χ0) is 8.15. The summed E-state index contributed by atoms with van der Waals surface area (Å²) >= 11 is 0. The van der Waals surface area contributed by atoms with E-state index in [1.165, 1.54) is 0 Å². The summed E-state index contributed by atoms with van der Waals surface area (Å²) in [7, 11) is 8.12. The van der Waals surface area contributed by atoms with Gasteiger partial charge in [-0.1, -0.05) is 0 Å². The molecule has 0 aliphatic rings. The van der Waals surface area contributed by atoms with Gasteiger partial charge in [-0.25, -0.2) is 0 Å². The molecule has 0 fully saturated rings. The van der Waals surface area contributed by atoms with Crippen LogP contribution in [0.3, 0.4) is 0 Å². The van der Waals surface area contributed by atoms with Crippen LogP contribution in [0.4, 0.5) is 0 Å². The highest BCUT2D eigenvalue weighted by atomic mass is 15.2. The molecule has 3 heteroatoms. The Morgan fingerprint density at radius 3 is 2.00 bits per heavy atom. The first-order valence-electron chi connectivity index (χ1n) is 3.60. The normalized spacial score (nSPS) is 14.7. The summed E-state index contributed by atoms with van der Waals surface area (Å²) in [6, 6.07) is 0. The standard InChI is InChI=1S/C7H19N3/c1-9(2)6-5-7(8)10(3)4/h7H,5-6,8H2,1-4H3. The predicted molar refractivity (Wildman–Crippen MR) is 44.8 cm³/mol. The van der Waals surface area contributed by atoms with Gasteiger partial charge in [0.1, 0.15) is 0 Å². The molecule has 0 aromatic rings. The highest BCUT2D eigenvalue weighted by Crippen LogP contribution is 1.91. The van der Waals surface area contributed by atoms with E-state index < -0.39 is 0 Å². The van der Waals surface area contributed by atoms with Crippen molar-refractivity contribution in [1.82, 2.24) is 9.80 Å². The number of hydrogen-bond acceptors (Lipinski definition) is 3. The summed E-state index contributed by atoms with van der Waals surface area (Å²) in [4.78, 5) is 4.17. The van der Waals surface area contributed by atoms with Crippen LogP contribution in [0.2, 0.25) is 0 Å². The number of nitrogens with zero attached hydrogens (tertiary/aromatic N) is 2. The SMILES string of the molecule is CN(C)CCC(N)N(C)C. The molecular weight excluding hydrogens is 126 g/mol. The summed E-state index contributed by atoms with van der Waals surface area (Å²) in [5.41, 5.74) is 5.76. The van der Waals surface area contributed by atoms with Gasteiger partial charge >= 0.3 is 0 Å². The van der Waals surface area contributed by atoms with Gasteiger partial charge in [-0.05, 0) is 34.6 Å². The summed E-state index contributed by atoms with van der Waals surface area (Å²) in [6.07, 6.45) is 1.22. The fourth-order valence-corrected chi connectivity index (χ4v) is 0.649. The maximum Gasteiger partial charge on any atom is 0.0579 e. The van der Waals surface area contributed by atoms with Crippen LogP contribution in [-0.4, -0.2) is 50.7 Å². The van der Waals surface area contributed by atoms with Crippen LogP contribution < -0.4 is 5.73 Å². The Balaban J connectivity index is 3.30. The van der Waals surface area contributed by atoms with Gasteiger partial charge in [0, 0.05) is 6.54 Å². The second-order valence-electron chi connectivity index (χ2n) is 3.12. The van der Waals surface area contributed by atoms with Crippen LogP contribution in [0.25, 0.3) is 0 Å². The Hall–Kier alpha value is -0.120. The maximum atomic E-state index is 5.76. The molecule has 0 radical (unpaired) electrons. The fraction of sp³-hybridized carbons (Fsp3) is 1.00. The highest BCUT2D eigenvalue weighted by Gasteiger charge is 2.03. The third kappa shape index (κ3) is 4.73. The van der Waals surface area contributed by atoms with Gasteiger partial charge in [-0.3, -0.25) is 4.90 Å². The molecule has 0 bridgehead atoms. The molecule has 62 valence electrons. The van der Waals surface area contributed by atoms with Crippen molar-refractivity contribution in [3.8, 4) is 0 Å². The van der Waals surface area contributed by atoms with Crippen LogP contribution in [-0.2, 0) is 0 Å². The largest absolute Gasteiger partial charge is 0.316 e. The summed E-state index contributed by atoms with van der Waals surface area (Å²) in [5.74, 6) is 0. The minimum Gasteiger partial charge on any atom is -0.316 e. The number of rotatable bonds is 4. The lowest BCUT2D eigenvalue weighted by atomic mass is 10.3. The molecule has 0 aliphatic heterocycles. The molecule has 0 amide bonds. The summed E-state index contributed by atoms with van der Waals surface area (Å²) in [6.45, 7) is 1.05. The van der Waals surface area contributed by atoms with Gasteiger partial charge < -0.3 is 10.6 Å². The first kappa shape index (κ1) is 9.88. The van der Waals surface area contributed by atoms with Crippen LogP contribution in [0.1, 0.15) is 6.42 Å². The minimum atomic E-state index is 0.197. The van der Waals surface area contributed by atoms with Crippen LogP contribution >= 0.6 is 0 Å². The maximum absolute atomic E-state index is 5.76. The molecule has 3 nitrogen and oxygen atoms in total. The van der Waals surface area contributed by atoms with E-state index in [0.29, 0.717) is 0 Å². The second kappa shape index (κ2) is 4.66. The Kier molecular flexibility index (Phi) is 4.60. The van der Waals surface area contributed by atoms with Crippen molar-refractivity contribution >= 4 is 0 Å². The van der Waals surface area contributed by atoms with Crippen molar-refractivity contribution < 1.29 is 0 Å². The molecule has 0 spiro atoms. The van der Waals surface area contributed by atoms with Gasteiger partial charge in [0.25, 0.3) is 0 Å². The Morgan fingerprint density at radius 1 is 1.20 bits per heavy atom. The third-order valence-corrected chi connectivity index (χ3v) is 1.54. The van der Waals surface area contributed by atoms with Crippen LogP contribution in [0.15, 0.2) is 0 Å². The van der Waals surface area contributed by atoms with E-state index >= 15 is 0 Å². The first-order valence-corrected chi connectivity index (χ1v) is 3.60. The van der Waals surface area contributed by atoms with E-state index in [1.54, 1.807) is 0 Å². The average Bonchev–Trinajstić information content (AvgIpc) is 1.82. The quantitative estimate of drug-likeness (QED) is 0.555. The fourth-order valence-electron chi connectivity index (χ4n) is 0.649. The lowest BCUT2D eigenvalue weighted by molar-refractivity contribution is 0.256. The average molecular weight is 145 g/mol. The number of nitrogens with two attached hydrogens (primary N) is 1. The number of hydrogen-bond donors (Lipinski definition) is 1. The van der Waals surface area contributed by atoms with Crippen LogP contribution in [0.5, 0.6) is 0 Å². The van der Waals surface area contributed by atoms with Gasteiger partial charge in [0.15, 0.2) is 0 Å². The van der Waals surface area contributed by atoms with Gasteiger partial charge in [-0.15, -0.1) is 0 Å². The molecule has 2 N–H and O–H groups in total. The molecule has 0 heterocycles. The molecular formula is C7H19N3. The van der Waals surface area contributed by atoms with E-state index in [9.17, 15) is 0 Å². The molecule has 10 heavy (non-hydrogen) atoms. The smallest absolute Gasteiger partial charge is 0.0579 e. The van der Waals surface area contributed by atoms with Crippen molar-refractivity contribution in [2.45, 2.75) is 12.6 Å². The predicted octanol–water partition coefficient (Wildman–Crippen LogP) is -0.215. The molecule has 0 aromatic heterocycles. The molecule has 0 saturated heterocycles. The van der Waals surface area contributed by atoms with Gasteiger partial charge in [0.05, 0.1) is 6.17 Å². The molecule has 0 rings (SSSR count). The van der Waals surface area contributed by atoms with Crippen molar-refractivity contribution in [2.24, 2.45) is 5.73 Å². The zero-order valence-electron chi connectivity index (χ0n) is 7.46. The second-order valence-corrected chi connectivity index (χ2v) is 3.12. The molecule has 0 aliphatic carbocycles. The van der Waals surface area contributed by atoms with Crippen molar-refractivity contribution in [1.29, 1.82) is 0 Å². The Labute approximate surface area is 63.8 Å². The monoisotopic (exact) mass is 145 g/mol. The van der Waals surface area contributed by atoms with E-state index in [2.05, 4.69) is 19.0 Å². The molecule has 0 aromatic carbocycles.